The molecule has 0 aromatic heterocycles. The van der Waals surface area contributed by atoms with E-state index in [-0.39, 0.29) is 17.6 Å². The number of methoxy groups -OCH3 is 1. The second-order valence-electron chi connectivity index (χ2n) is 7.01. The van der Waals surface area contributed by atoms with E-state index < -0.39 is 6.17 Å². The quantitative estimate of drug-likeness (QED) is 0.460. The van der Waals surface area contributed by atoms with E-state index in [4.69, 9.17) is 21.3 Å². The van der Waals surface area contributed by atoms with E-state index >= 15 is 0 Å². The summed E-state index contributed by atoms with van der Waals surface area (Å²) in [5.74, 6) is 0.584. The molecule has 0 saturated heterocycles. The number of hydrogen-bond acceptors (Lipinski definition) is 4. The standard InChI is InChI=1S/C23H19BrClFN2O2/c1-30-16-6-2-13(3-7-16)20-12-21(17-11-15(25)5-9-22(17)29)28-23(27-20)14-4-8-19(26)18(24)10-14/h2-11,21,23,28-29H,12H2,1H3/t21-,23-/m1/s1. The molecule has 2 atom stereocenters. The number of rotatable bonds is 4. The highest BCUT2D eigenvalue weighted by Crippen LogP contribution is 2.36. The van der Waals surface area contributed by atoms with Crippen LogP contribution in [0, 0.1) is 5.82 Å². The third kappa shape index (κ3) is 4.36. The summed E-state index contributed by atoms with van der Waals surface area (Å²) in [6.07, 6.45) is 0.134. The fraction of sp³-hybridized carbons (Fsp3) is 0.174. The predicted octanol–water partition coefficient (Wildman–Crippen LogP) is 6.18. The van der Waals surface area contributed by atoms with Crippen LogP contribution in [0.3, 0.4) is 0 Å². The molecule has 1 aliphatic heterocycles. The minimum Gasteiger partial charge on any atom is -0.508 e. The molecule has 0 aliphatic carbocycles. The Labute approximate surface area is 187 Å². The largest absolute Gasteiger partial charge is 0.508 e. The molecule has 7 heteroatoms. The maximum atomic E-state index is 13.8. The number of phenols is 1. The smallest absolute Gasteiger partial charge is 0.137 e. The molecule has 2 N–H and O–H groups in total. The van der Waals surface area contributed by atoms with Crippen LogP contribution in [0.4, 0.5) is 4.39 Å². The fourth-order valence-corrected chi connectivity index (χ4v) is 4.10. The highest BCUT2D eigenvalue weighted by Gasteiger charge is 2.28. The second-order valence-corrected chi connectivity index (χ2v) is 8.30. The van der Waals surface area contributed by atoms with Gasteiger partial charge in [0.05, 0.1) is 11.6 Å². The van der Waals surface area contributed by atoms with Gasteiger partial charge >= 0.3 is 0 Å². The predicted molar refractivity (Wildman–Crippen MR) is 120 cm³/mol. The van der Waals surface area contributed by atoms with Crippen molar-refractivity contribution in [1.82, 2.24) is 5.32 Å². The van der Waals surface area contributed by atoms with E-state index in [2.05, 4.69) is 21.2 Å². The second kappa shape index (κ2) is 8.76. The van der Waals surface area contributed by atoms with Crippen LogP contribution in [0.5, 0.6) is 11.5 Å². The lowest BCUT2D eigenvalue weighted by Gasteiger charge is -2.31. The molecule has 3 aromatic rings. The summed E-state index contributed by atoms with van der Waals surface area (Å²) < 4.78 is 19.4. The maximum Gasteiger partial charge on any atom is 0.137 e. The normalized spacial score (nSPS) is 18.7. The van der Waals surface area contributed by atoms with Crippen molar-refractivity contribution in [3.05, 3.63) is 92.7 Å². The Morgan fingerprint density at radius 2 is 1.90 bits per heavy atom. The van der Waals surface area contributed by atoms with Crippen LogP contribution in [0.15, 0.2) is 70.1 Å². The first-order valence-corrected chi connectivity index (χ1v) is 10.5. The average molecular weight is 490 g/mol. The number of hydrogen-bond donors (Lipinski definition) is 2. The first-order chi connectivity index (χ1) is 14.4. The van der Waals surface area contributed by atoms with E-state index in [1.165, 1.54) is 6.07 Å². The Kier molecular flexibility index (Phi) is 6.09. The summed E-state index contributed by atoms with van der Waals surface area (Å²) in [5, 5.41) is 14.4. The summed E-state index contributed by atoms with van der Waals surface area (Å²) in [6.45, 7) is 0. The minimum absolute atomic E-state index is 0.159. The Morgan fingerprint density at radius 3 is 2.60 bits per heavy atom. The molecule has 0 unspecified atom stereocenters. The summed E-state index contributed by atoms with van der Waals surface area (Å²) in [4.78, 5) is 4.88. The summed E-state index contributed by atoms with van der Waals surface area (Å²) in [5.41, 5.74) is 3.32. The van der Waals surface area contributed by atoms with Gasteiger partial charge in [0.2, 0.25) is 0 Å². The van der Waals surface area contributed by atoms with Crippen LogP contribution in [0.1, 0.15) is 35.3 Å². The molecule has 0 radical (unpaired) electrons. The van der Waals surface area contributed by atoms with Gasteiger partial charge in [0.15, 0.2) is 0 Å². The lowest BCUT2D eigenvalue weighted by molar-refractivity contribution is 0.412. The van der Waals surface area contributed by atoms with Crippen molar-refractivity contribution in [2.45, 2.75) is 18.6 Å². The molecule has 0 amide bonds. The number of nitrogens with zero attached hydrogens (tertiary/aromatic N) is 1. The number of aromatic hydroxyl groups is 1. The average Bonchev–Trinajstić information content (AvgIpc) is 2.77. The van der Waals surface area contributed by atoms with Gasteiger partial charge in [-0.3, -0.25) is 10.3 Å². The molecular formula is C23H19BrClFN2O2. The number of ether oxygens (including phenoxy) is 1. The van der Waals surface area contributed by atoms with E-state index in [0.717, 1.165) is 22.6 Å². The van der Waals surface area contributed by atoms with E-state index in [1.807, 2.05) is 24.3 Å². The van der Waals surface area contributed by atoms with Gasteiger partial charge in [-0.15, -0.1) is 0 Å². The number of benzene rings is 3. The monoisotopic (exact) mass is 488 g/mol. The molecule has 0 spiro atoms. The highest BCUT2D eigenvalue weighted by molar-refractivity contribution is 9.10. The first kappa shape index (κ1) is 20.8. The van der Waals surface area contributed by atoms with Gasteiger partial charge in [0.25, 0.3) is 0 Å². The van der Waals surface area contributed by atoms with Crippen LogP contribution in [-0.4, -0.2) is 17.9 Å². The van der Waals surface area contributed by atoms with Crippen molar-refractivity contribution in [3.8, 4) is 11.5 Å². The van der Waals surface area contributed by atoms with Gasteiger partial charge in [-0.05, 0) is 81.7 Å². The molecule has 3 aromatic carbocycles. The Bertz CT molecular complexity index is 1100. The zero-order valence-corrected chi connectivity index (χ0v) is 18.4. The van der Waals surface area contributed by atoms with Crippen LogP contribution in [-0.2, 0) is 0 Å². The molecule has 1 aliphatic rings. The van der Waals surface area contributed by atoms with Gasteiger partial charge in [-0.1, -0.05) is 17.7 Å². The molecule has 0 fully saturated rings. The van der Waals surface area contributed by atoms with E-state index in [1.54, 1.807) is 37.4 Å². The first-order valence-electron chi connectivity index (χ1n) is 9.35. The SMILES string of the molecule is COc1ccc(C2=N[C@@H](c3ccc(F)c(Br)c3)N[C@@H](c3cc(Cl)ccc3O)C2)cc1. The van der Waals surface area contributed by atoms with Crippen LogP contribution in [0.25, 0.3) is 0 Å². The molecule has 4 rings (SSSR count). The number of halogens is 3. The lowest BCUT2D eigenvalue weighted by atomic mass is 9.93. The third-order valence-corrected chi connectivity index (χ3v) is 5.93. The van der Waals surface area contributed by atoms with Gasteiger partial charge in [-0.2, -0.15) is 0 Å². The Hall–Kier alpha value is -2.41. The molecular weight excluding hydrogens is 471 g/mol. The topological polar surface area (TPSA) is 53.8 Å². The molecule has 0 bridgehead atoms. The van der Waals surface area contributed by atoms with Crippen molar-refractivity contribution in [3.63, 3.8) is 0 Å². The lowest BCUT2D eigenvalue weighted by Crippen LogP contribution is -2.33. The van der Waals surface area contributed by atoms with Gasteiger partial charge in [-0.25, -0.2) is 4.39 Å². The zero-order valence-electron chi connectivity index (χ0n) is 16.1. The maximum absolute atomic E-state index is 13.8. The summed E-state index contributed by atoms with van der Waals surface area (Å²) in [7, 11) is 1.62. The van der Waals surface area contributed by atoms with Gasteiger partial charge in [0.1, 0.15) is 23.5 Å². The molecule has 154 valence electrons. The highest BCUT2D eigenvalue weighted by atomic mass is 79.9. The van der Waals surface area contributed by atoms with Crippen molar-refractivity contribution >= 4 is 33.2 Å². The molecule has 1 heterocycles. The third-order valence-electron chi connectivity index (χ3n) is 5.09. The van der Waals surface area contributed by atoms with Crippen molar-refractivity contribution in [1.29, 1.82) is 0 Å². The minimum atomic E-state index is -0.420. The van der Waals surface area contributed by atoms with Crippen molar-refractivity contribution in [2.75, 3.05) is 7.11 Å². The fourth-order valence-electron chi connectivity index (χ4n) is 3.52. The summed E-state index contributed by atoms with van der Waals surface area (Å²) in [6, 6.07) is 17.3. The van der Waals surface area contributed by atoms with Crippen LogP contribution < -0.4 is 10.1 Å². The van der Waals surface area contributed by atoms with E-state index in [9.17, 15) is 9.50 Å². The number of aliphatic imine (C=N–C) groups is 1. The summed E-state index contributed by atoms with van der Waals surface area (Å²) >= 11 is 9.43. The molecule has 0 saturated carbocycles. The molecule has 30 heavy (non-hydrogen) atoms. The number of phenolic OH excluding ortho intramolecular Hbond substituents is 1. The zero-order chi connectivity index (χ0) is 21.3. The van der Waals surface area contributed by atoms with Crippen LogP contribution >= 0.6 is 27.5 Å². The Morgan fingerprint density at radius 1 is 1.13 bits per heavy atom. The molecule has 4 nitrogen and oxygen atoms in total. The van der Waals surface area contributed by atoms with Gasteiger partial charge in [0, 0.05) is 28.8 Å². The number of nitrogens with one attached hydrogen (secondary N) is 1. The van der Waals surface area contributed by atoms with Gasteiger partial charge < -0.3 is 9.84 Å². The van der Waals surface area contributed by atoms with Crippen molar-refractivity contribution < 1.29 is 14.2 Å². The van der Waals surface area contributed by atoms with Crippen LogP contribution in [0.2, 0.25) is 5.02 Å². The Balaban J connectivity index is 1.77. The van der Waals surface area contributed by atoms with E-state index in [0.29, 0.717) is 21.5 Å². The van der Waals surface area contributed by atoms with Crippen molar-refractivity contribution in [2.24, 2.45) is 4.99 Å².